The molecule has 4 N–H and O–H groups in total. The fourth-order valence-electron chi connectivity index (χ4n) is 1.66. The Morgan fingerprint density at radius 1 is 1.47 bits per heavy atom. The number of hydrogen-bond donors (Lipinski definition) is 3. The van der Waals surface area contributed by atoms with Crippen molar-refractivity contribution < 1.29 is 4.79 Å². The lowest BCUT2D eigenvalue weighted by Gasteiger charge is -2.00. The molecule has 0 unspecified atom stereocenters. The van der Waals surface area contributed by atoms with E-state index in [1.807, 2.05) is 19.1 Å². The summed E-state index contributed by atoms with van der Waals surface area (Å²) in [5.74, 6) is -0.430. The molecule has 0 bridgehead atoms. The first kappa shape index (κ1) is 9.45. The largest absolute Gasteiger partial charge is 0.366 e. The highest BCUT2D eigenvalue weighted by atomic mass is 16.1. The third kappa shape index (κ3) is 1.50. The average molecular weight is 201 g/mol. The van der Waals surface area contributed by atoms with Gasteiger partial charge in [0.15, 0.2) is 0 Å². The maximum absolute atomic E-state index is 11.1. The van der Waals surface area contributed by atoms with Gasteiger partial charge in [-0.3, -0.25) is 4.79 Å². The minimum Gasteiger partial charge on any atom is -0.366 e. The predicted octanol–water partition coefficient (Wildman–Crippen LogP) is 1.57. The van der Waals surface area contributed by atoms with Crippen molar-refractivity contribution in [2.24, 2.45) is 5.73 Å². The summed E-state index contributed by atoms with van der Waals surface area (Å²) in [5, 5.41) is 8.10. The molecule has 76 valence electrons. The van der Waals surface area contributed by atoms with Crippen LogP contribution in [0.2, 0.25) is 0 Å². The van der Waals surface area contributed by atoms with Gasteiger partial charge in [-0.25, -0.2) is 0 Å². The van der Waals surface area contributed by atoms with Gasteiger partial charge in [-0.2, -0.15) is 0 Å². The minimum atomic E-state index is -0.430. The number of primary amides is 1. The molecule has 4 nitrogen and oxygen atoms in total. The van der Waals surface area contributed by atoms with E-state index in [-0.39, 0.29) is 0 Å². The van der Waals surface area contributed by atoms with Crippen LogP contribution in [0, 0.1) is 12.3 Å². The van der Waals surface area contributed by atoms with Gasteiger partial charge in [0.05, 0.1) is 5.69 Å². The van der Waals surface area contributed by atoms with E-state index in [2.05, 4.69) is 4.98 Å². The summed E-state index contributed by atoms with van der Waals surface area (Å²) >= 11 is 0. The number of fused-ring (bicyclic) bond motifs is 1. The van der Waals surface area contributed by atoms with Crippen LogP contribution in [0.3, 0.4) is 0 Å². The molecule has 1 amide bonds. The zero-order valence-corrected chi connectivity index (χ0v) is 8.29. The number of carbonyl (C=O) groups is 1. The van der Waals surface area contributed by atoms with E-state index in [4.69, 9.17) is 11.1 Å². The number of amides is 1. The Hall–Kier alpha value is -2.10. The van der Waals surface area contributed by atoms with Gasteiger partial charge in [0.2, 0.25) is 5.91 Å². The van der Waals surface area contributed by atoms with E-state index >= 15 is 0 Å². The molecule has 0 saturated carbocycles. The SMILES string of the molecule is Cc1cc2cc(C=N)[nH]c2cc1C(N)=O. The Kier molecular flexibility index (Phi) is 2.04. The Balaban J connectivity index is 2.73. The lowest BCUT2D eigenvalue weighted by molar-refractivity contribution is 0.1000. The van der Waals surface area contributed by atoms with Crippen LogP contribution in [0.1, 0.15) is 21.6 Å². The normalized spacial score (nSPS) is 10.5. The van der Waals surface area contributed by atoms with Crippen LogP contribution in [0.25, 0.3) is 10.9 Å². The molecule has 0 radical (unpaired) electrons. The molecule has 4 heteroatoms. The predicted molar refractivity (Wildman–Crippen MR) is 59.4 cm³/mol. The molecule has 0 atom stereocenters. The maximum atomic E-state index is 11.1. The van der Waals surface area contributed by atoms with Gasteiger partial charge in [0.25, 0.3) is 0 Å². The van der Waals surface area contributed by atoms with Gasteiger partial charge < -0.3 is 16.1 Å². The number of nitrogens with one attached hydrogen (secondary N) is 2. The zero-order chi connectivity index (χ0) is 11.0. The van der Waals surface area contributed by atoms with Crippen molar-refractivity contribution in [2.45, 2.75) is 6.92 Å². The summed E-state index contributed by atoms with van der Waals surface area (Å²) in [6.07, 6.45) is 1.24. The zero-order valence-electron chi connectivity index (χ0n) is 8.29. The third-order valence-electron chi connectivity index (χ3n) is 2.41. The Labute approximate surface area is 86.6 Å². The molecule has 0 aliphatic rings. The van der Waals surface area contributed by atoms with Crippen LogP contribution in [-0.4, -0.2) is 17.1 Å². The number of hydrogen-bond acceptors (Lipinski definition) is 2. The number of benzene rings is 1. The highest BCUT2D eigenvalue weighted by Gasteiger charge is 2.08. The third-order valence-corrected chi connectivity index (χ3v) is 2.41. The Morgan fingerprint density at radius 3 is 2.80 bits per heavy atom. The monoisotopic (exact) mass is 201 g/mol. The number of rotatable bonds is 2. The number of H-pyrrole nitrogens is 1. The molecule has 1 aromatic carbocycles. The molecule has 0 aliphatic heterocycles. The molecule has 0 saturated heterocycles. The number of aromatic nitrogens is 1. The van der Waals surface area contributed by atoms with Crippen LogP contribution in [-0.2, 0) is 0 Å². The van der Waals surface area contributed by atoms with Gasteiger partial charge in [0, 0.05) is 22.7 Å². The minimum absolute atomic E-state index is 0.430. The number of nitrogens with two attached hydrogens (primary N) is 1. The number of aromatic amines is 1. The topological polar surface area (TPSA) is 82.7 Å². The summed E-state index contributed by atoms with van der Waals surface area (Å²) in [6, 6.07) is 5.47. The van der Waals surface area contributed by atoms with Gasteiger partial charge in [-0.05, 0) is 30.7 Å². The van der Waals surface area contributed by atoms with E-state index in [1.54, 1.807) is 6.07 Å². The molecule has 0 spiro atoms. The van der Waals surface area contributed by atoms with Crippen LogP contribution < -0.4 is 5.73 Å². The van der Waals surface area contributed by atoms with Crippen molar-refractivity contribution in [3.05, 3.63) is 35.0 Å². The second-order valence-electron chi connectivity index (χ2n) is 3.49. The first-order chi connectivity index (χ1) is 7.11. The molecule has 2 rings (SSSR count). The summed E-state index contributed by atoms with van der Waals surface area (Å²) in [7, 11) is 0. The van der Waals surface area contributed by atoms with Gasteiger partial charge in [-0.15, -0.1) is 0 Å². The first-order valence-electron chi connectivity index (χ1n) is 4.55. The van der Waals surface area contributed by atoms with Crippen molar-refractivity contribution >= 4 is 23.0 Å². The lowest BCUT2D eigenvalue weighted by Crippen LogP contribution is -2.12. The van der Waals surface area contributed by atoms with E-state index < -0.39 is 5.91 Å². The summed E-state index contributed by atoms with van der Waals surface area (Å²) < 4.78 is 0. The first-order valence-corrected chi connectivity index (χ1v) is 4.55. The highest BCUT2D eigenvalue weighted by Crippen LogP contribution is 2.19. The molecular weight excluding hydrogens is 190 g/mol. The van der Waals surface area contributed by atoms with Crippen molar-refractivity contribution in [3.8, 4) is 0 Å². The summed E-state index contributed by atoms with van der Waals surface area (Å²) in [6.45, 7) is 1.84. The highest BCUT2D eigenvalue weighted by molar-refractivity contribution is 5.99. The fourth-order valence-corrected chi connectivity index (χ4v) is 1.66. The Morgan fingerprint density at radius 2 is 2.20 bits per heavy atom. The van der Waals surface area contributed by atoms with E-state index in [0.29, 0.717) is 11.3 Å². The standard InChI is InChI=1S/C11H11N3O/c1-6-2-7-3-8(5-12)14-10(7)4-9(6)11(13)15/h2-5,12,14H,1H3,(H2,13,15). The molecule has 0 aliphatic carbocycles. The van der Waals surface area contributed by atoms with Crippen molar-refractivity contribution in [2.75, 3.05) is 0 Å². The maximum Gasteiger partial charge on any atom is 0.249 e. The van der Waals surface area contributed by atoms with Crippen LogP contribution in [0.5, 0.6) is 0 Å². The van der Waals surface area contributed by atoms with E-state index in [1.165, 1.54) is 6.21 Å². The van der Waals surface area contributed by atoms with Gasteiger partial charge in [0.1, 0.15) is 0 Å². The van der Waals surface area contributed by atoms with Crippen LogP contribution >= 0.6 is 0 Å². The van der Waals surface area contributed by atoms with Crippen LogP contribution in [0.15, 0.2) is 18.2 Å². The number of aryl methyl sites for hydroxylation is 1. The summed E-state index contributed by atoms with van der Waals surface area (Å²) in [4.78, 5) is 14.1. The molecule has 1 heterocycles. The van der Waals surface area contributed by atoms with Gasteiger partial charge >= 0.3 is 0 Å². The fraction of sp³-hybridized carbons (Fsp3) is 0.0909. The van der Waals surface area contributed by atoms with Crippen molar-refractivity contribution in [3.63, 3.8) is 0 Å². The Bertz CT molecular complexity index is 554. The second kappa shape index (κ2) is 3.24. The lowest BCUT2D eigenvalue weighted by atomic mass is 10.1. The van der Waals surface area contributed by atoms with Crippen LogP contribution in [0.4, 0.5) is 0 Å². The van der Waals surface area contributed by atoms with Crippen molar-refractivity contribution in [1.29, 1.82) is 5.41 Å². The van der Waals surface area contributed by atoms with Crippen molar-refractivity contribution in [1.82, 2.24) is 4.98 Å². The average Bonchev–Trinajstić information content (AvgIpc) is 2.58. The molecule has 15 heavy (non-hydrogen) atoms. The molecule has 2 aromatic rings. The van der Waals surface area contributed by atoms with E-state index in [0.717, 1.165) is 16.5 Å². The smallest absolute Gasteiger partial charge is 0.249 e. The molecule has 1 aromatic heterocycles. The second-order valence-corrected chi connectivity index (χ2v) is 3.49. The van der Waals surface area contributed by atoms with Gasteiger partial charge in [-0.1, -0.05) is 0 Å². The molecular formula is C11H11N3O. The molecule has 0 fully saturated rings. The quantitative estimate of drug-likeness (QED) is 0.633. The summed E-state index contributed by atoms with van der Waals surface area (Å²) in [5.41, 5.74) is 8.15. The van der Waals surface area contributed by atoms with E-state index in [9.17, 15) is 4.79 Å². The number of carbonyl (C=O) groups excluding carboxylic acids is 1.